The first-order valence-corrected chi connectivity index (χ1v) is 10.5. The summed E-state index contributed by atoms with van der Waals surface area (Å²) in [5.41, 5.74) is 4.01. The maximum atomic E-state index is 4.82. The number of imidazole rings is 2. The molecule has 7 heteroatoms. The van der Waals surface area contributed by atoms with Crippen molar-refractivity contribution in [3.05, 3.63) is 127 Å². The molecule has 0 saturated carbocycles. The van der Waals surface area contributed by atoms with Gasteiger partial charge in [-0.2, -0.15) is 0 Å². The molecule has 0 fully saturated rings. The molecule has 5 aromatic heterocycles. The highest BCUT2D eigenvalue weighted by Crippen LogP contribution is 2.04. The summed E-state index contributed by atoms with van der Waals surface area (Å²) in [4.78, 5) is 13.6. The number of rotatable bonds is 8. The molecule has 0 saturated heterocycles. The monoisotopic (exact) mass is 421 g/mol. The number of nitrogens with zero attached hydrogens (tertiary/aromatic N) is 7. The molecule has 0 aliphatic carbocycles. The Hall–Kier alpha value is -4.13. The van der Waals surface area contributed by atoms with Crippen LogP contribution in [-0.2, 0) is 26.2 Å². The Bertz CT molecular complexity index is 1180. The molecule has 0 radical (unpaired) electrons. The van der Waals surface area contributed by atoms with Crippen LogP contribution in [0.25, 0.3) is 0 Å². The van der Waals surface area contributed by atoms with E-state index in [9.17, 15) is 0 Å². The van der Waals surface area contributed by atoms with E-state index in [4.69, 9.17) is 4.98 Å². The third-order valence-corrected chi connectivity index (χ3v) is 5.01. The number of hydrogen-bond acceptors (Lipinski definition) is 3. The van der Waals surface area contributed by atoms with Gasteiger partial charge in [-0.25, -0.2) is 4.98 Å². The number of pyridine rings is 3. The summed E-state index contributed by atoms with van der Waals surface area (Å²) in [5.74, 6) is 0. The molecule has 0 N–H and O–H groups in total. The molecule has 0 aromatic carbocycles. The number of aromatic nitrogens is 7. The minimum atomic E-state index is 0.665. The fourth-order valence-electron chi connectivity index (χ4n) is 3.52. The first kappa shape index (κ1) is 19.8. The lowest BCUT2D eigenvalue weighted by Gasteiger charge is -2.05. The summed E-state index contributed by atoms with van der Waals surface area (Å²) in [6, 6.07) is 18.0. The molecule has 0 aliphatic heterocycles. The van der Waals surface area contributed by atoms with E-state index in [1.54, 1.807) is 0 Å². The summed E-state index contributed by atoms with van der Waals surface area (Å²) in [6.45, 7) is 2.73. The molecule has 0 amide bonds. The normalized spacial score (nSPS) is 11.0. The van der Waals surface area contributed by atoms with Crippen molar-refractivity contribution in [3.63, 3.8) is 0 Å². The maximum absolute atomic E-state index is 4.82. The van der Waals surface area contributed by atoms with E-state index in [0.717, 1.165) is 22.8 Å². The van der Waals surface area contributed by atoms with E-state index in [1.807, 2.05) is 104 Å². The van der Waals surface area contributed by atoms with Crippen molar-refractivity contribution in [1.82, 2.24) is 24.1 Å². The van der Waals surface area contributed by atoms with Gasteiger partial charge in [0.2, 0.25) is 12.7 Å². The van der Waals surface area contributed by atoms with Crippen LogP contribution in [0.5, 0.6) is 0 Å². The van der Waals surface area contributed by atoms with Crippen molar-refractivity contribution in [2.75, 3.05) is 0 Å². The maximum Gasteiger partial charge on any atom is 0.204 e. The summed E-state index contributed by atoms with van der Waals surface area (Å²) in [6.07, 6.45) is 18.3. The fraction of sp³-hybridized carbons (Fsp3) is 0.160. The molecule has 0 aliphatic rings. The second-order valence-corrected chi connectivity index (χ2v) is 7.57. The Morgan fingerprint density at radius 3 is 1.59 bits per heavy atom. The Labute approximate surface area is 186 Å². The topological polar surface area (TPSA) is 56.3 Å². The van der Waals surface area contributed by atoms with Crippen molar-refractivity contribution in [2.45, 2.75) is 26.2 Å². The Balaban J connectivity index is 1.22. The van der Waals surface area contributed by atoms with Crippen LogP contribution >= 0.6 is 0 Å². The first-order chi connectivity index (χ1) is 15.8. The van der Waals surface area contributed by atoms with Gasteiger partial charge in [0.15, 0.2) is 0 Å². The molecular formula is C25H23N7. The van der Waals surface area contributed by atoms with Crippen LogP contribution in [-0.4, -0.2) is 24.1 Å². The molecule has 0 spiro atoms. The average molecular weight is 422 g/mol. The van der Waals surface area contributed by atoms with Gasteiger partial charge in [0.05, 0.1) is 22.8 Å². The summed E-state index contributed by atoms with van der Waals surface area (Å²) in [7, 11) is 0. The summed E-state index contributed by atoms with van der Waals surface area (Å²) < 4.78 is 8.03. The minimum absolute atomic E-state index is 0.665. The predicted molar refractivity (Wildman–Crippen MR) is 116 cm³/mol. The average Bonchev–Trinajstić information content (AvgIpc) is 3.44. The molecule has 7 nitrogen and oxygen atoms in total. The van der Waals surface area contributed by atoms with Crippen molar-refractivity contribution in [2.24, 2.45) is 0 Å². The van der Waals surface area contributed by atoms with E-state index in [0.29, 0.717) is 26.2 Å². The summed E-state index contributed by atoms with van der Waals surface area (Å²) in [5, 5.41) is 0. The Kier molecular flexibility index (Phi) is 5.78. The largest absolute Gasteiger partial charge is 0.346 e. The van der Waals surface area contributed by atoms with Gasteiger partial charge < -0.3 is 18.3 Å². The van der Waals surface area contributed by atoms with Crippen LogP contribution in [0.1, 0.15) is 22.8 Å². The molecule has 158 valence electrons. The third-order valence-electron chi connectivity index (χ3n) is 5.01. The van der Waals surface area contributed by atoms with E-state index >= 15 is 0 Å². The molecule has 32 heavy (non-hydrogen) atoms. The Morgan fingerprint density at radius 1 is 0.625 bits per heavy atom. The predicted octanol–water partition coefficient (Wildman–Crippen LogP) is 1.84. The molecule has 5 aromatic rings. The zero-order chi connectivity index (χ0) is 21.6. The molecule has 0 bridgehead atoms. The van der Waals surface area contributed by atoms with Crippen LogP contribution in [0.3, 0.4) is 0 Å². The van der Waals surface area contributed by atoms with Gasteiger partial charge in [-0.15, -0.1) is 0 Å². The van der Waals surface area contributed by atoms with Crippen molar-refractivity contribution >= 4 is 0 Å². The highest BCUT2D eigenvalue weighted by Gasteiger charge is 2.05. The third kappa shape index (κ3) is 5.13. The van der Waals surface area contributed by atoms with E-state index in [-0.39, 0.29) is 0 Å². The van der Waals surface area contributed by atoms with Crippen LogP contribution in [0.15, 0.2) is 91.8 Å². The lowest BCUT2D eigenvalue weighted by atomic mass is 10.3. The standard InChI is InChI=1S/C25H23N7/c1-3-10-26-22(6-1)16-29-12-14-31(20-29)18-24-8-5-9-25(28-24)19-32-15-13-30(21-32)17-23-7-2-4-11-27-23/h1-15H,16-19H2. The number of hydrogen-bond donors (Lipinski definition) is 0. The molecule has 5 heterocycles. The Morgan fingerprint density at radius 2 is 1.12 bits per heavy atom. The minimum Gasteiger partial charge on any atom is -0.346 e. The van der Waals surface area contributed by atoms with Gasteiger partial charge in [0, 0.05) is 12.4 Å². The lowest BCUT2D eigenvalue weighted by molar-refractivity contribution is -0.692. The summed E-state index contributed by atoms with van der Waals surface area (Å²) >= 11 is 0. The van der Waals surface area contributed by atoms with Gasteiger partial charge in [-0.3, -0.25) is 9.97 Å². The van der Waals surface area contributed by atoms with Crippen LogP contribution in [0.4, 0.5) is 0 Å². The van der Waals surface area contributed by atoms with Crippen molar-refractivity contribution in [3.8, 4) is 0 Å². The SMILES string of the molecule is [c-]1n(Cc2cccc(Cn3[c-][n+](Cc4ccccn4)cc3)n2)cc[n+]1Cc1ccccn1. The molecular weight excluding hydrogens is 398 g/mol. The van der Waals surface area contributed by atoms with Gasteiger partial charge >= 0.3 is 0 Å². The van der Waals surface area contributed by atoms with Crippen molar-refractivity contribution in [1.29, 1.82) is 0 Å². The van der Waals surface area contributed by atoms with Gasteiger partial charge in [-0.05, 0) is 61.2 Å². The molecule has 5 rings (SSSR count). The zero-order valence-electron chi connectivity index (χ0n) is 17.6. The second kappa shape index (κ2) is 9.34. The lowest BCUT2D eigenvalue weighted by Crippen LogP contribution is -2.32. The zero-order valence-corrected chi connectivity index (χ0v) is 17.6. The van der Waals surface area contributed by atoms with E-state index in [1.165, 1.54) is 0 Å². The van der Waals surface area contributed by atoms with Crippen LogP contribution in [0.2, 0.25) is 0 Å². The van der Waals surface area contributed by atoms with E-state index in [2.05, 4.69) is 28.7 Å². The van der Waals surface area contributed by atoms with Crippen molar-refractivity contribution < 1.29 is 9.13 Å². The smallest absolute Gasteiger partial charge is 0.204 e. The second-order valence-electron chi connectivity index (χ2n) is 7.57. The van der Waals surface area contributed by atoms with Gasteiger partial charge in [-0.1, -0.05) is 18.2 Å². The fourth-order valence-corrected chi connectivity index (χ4v) is 3.52. The van der Waals surface area contributed by atoms with Crippen LogP contribution < -0.4 is 9.13 Å². The van der Waals surface area contributed by atoms with E-state index < -0.39 is 0 Å². The quantitative estimate of drug-likeness (QED) is 0.284. The van der Waals surface area contributed by atoms with Gasteiger partial charge in [0.25, 0.3) is 0 Å². The highest BCUT2D eigenvalue weighted by molar-refractivity contribution is 5.12. The molecule has 0 atom stereocenters. The molecule has 0 unspecified atom stereocenters. The highest BCUT2D eigenvalue weighted by atomic mass is 15.1. The van der Waals surface area contributed by atoms with Gasteiger partial charge in [0.1, 0.15) is 26.2 Å². The van der Waals surface area contributed by atoms with Crippen LogP contribution in [0, 0.1) is 12.7 Å². The first-order valence-electron chi connectivity index (χ1n) is 10.5.